The first-order valence-electron chi connectivity index (χ1n) is 5.43. The molecular formula is C12H16O5S. The van der Waals surface area contributed by atoms with Gasteiger partial charge in [0.1, 0.15) is 5.75 Å². The van der Waals surface area contributed by atoms with E-state index in [1.165, 1.54) is 19.1 Å². The molecule has 18 heavy (non-hydrogen) atoms. The summed E-state index contributed by atoms with van der Waals surface area (Å²) in [5.74, 6) is -0.303. The van der Waals surface area contributed by atoms with Gasteiger partial charge in [-0.15, -0.1) is 0 Å². The highest BCUT2D eigenvalue weighted by atomic mass is 32.2. The van der Waals surface area contributed by atoms with Gasteiger partial charge in [-0.05, 0) is 36.1 Å². The lowest BCUT2D eigenvalue weighted by Crippen LogP contribution is -2.08. The summed E-state index contributed by atoms with van der Waals surface area (Å²) >= 11 is 0. The van der Waals surface area contributed by atoms with Gasteiger partial charge in [-0.1, -0.05) is 13.8 Å². The lowest BCUT2D eigenvalue weighted by atomic mass is 10.0. The van der Waals surface area contributed by atoms with Crippen LogP contribution in [-0.4, -0.2) is 18.9 Å². The number of carbonyl (C=O) groups excluding carboxylic acids is 1. The third-order valence-electron chi connectivity index (χ3n) is 2.46. The molecule has 6 heteroatoms. The van der Waals surface area contributed by atoms with Gasteiger partial charge >= 0.3 is 5.97 Å². The van der Waals surface area contributed by atoms with E-state index in [0.29, 0.717) is 16.9 Å². The van der Waals surface area contributed by atoms with Crippen LogP contribution in [0.1, 0.15) is 37.8 Å². The van der Waals surface area contributed by atoms with Gasteiger partial charge in [0.25, 0.3) is 10.1 Å². The van der Waals surface area contributed by atoms with E-state index >= 15 is 0 Å². The van der Waals surface area contributed by atoms with Crippen molar-refractivity contribution in [3.8, 4) is 5.75 Å². The van der Waals surface area contributed by atoms with Crippen molar-refractivity contribution >= 4 is 16.1 Å². The van der Waals surface area contributed by atoms with Crippen molar-refractivity contribution in [3.05, 3.63) is 23.3 Å². The van der Waals surface area contributed by atoms with Crippen LogP contribution in [0.2, 0.25) is 0 Å². The van der Waals surface area contributed by atoms with Crippen LogP contribution in [0.25, 0.3) is 0 Å². The Labute approximate surface area is 107 Å². The number of rotatable bonds is 3. The molecule has 0 radical (unpaired) electrons. The number of hydrogen-bond acceptors (Lipinski definition) is 4. The largest absolute Gasteiger partial charge is 0.426 e. The zero-order valence-electron chi connectivity index (χ0n) is 10.7. The molecule has 0 spiro atoms. The van der Waals surface area contributed by atoms with E-state index in [9.17, 15) is 17.8 Å². The molecule has 0 saturated heterocycles. The maximum Gasteiger partial charge on any atom is 0.308 e. The van der Waals surface area contributed by atoms with Crippen LogP contribution in [0.4, 0.5) is 0 Å². The van der Waals surface area contributed by atoms with E-state index in [4.69, 9.17) is 4.74 Å². The molecule has 0 bridgehead atoms. The van der Waals surface area contributed by atoms with Crippen molar-refractivity contribution in [1.29, 1.82) is 0 Å². The van der Waals surface area contributed by atoms with Crippen molar-refractivity contribution in [1.82, 2.24) is 0 Å². The Balaban J connectivity index is 3.49. The Morgan fingerprint density at radius 2 is 1.89 bits per heavy atom. The third kappa shape index (κ3) is 3.30. The molecule has 1 N–H and O–H groups in total. The summed E-state index contributed by atoms with van der Waals surface area (Å²) in [6.45, 7) is 6.45. The van der Waals surface area contributed by atoms with Gasteiger partial charge in [0.15, 0.2) is 0 Å². The zero-order chi connectivity index (χ0) is 14.1. The molecule has 0 aromatic heterocycles. The summed E-state index contributed by atoms with van der Waals surface area (Å²) < 4.78 is 36.8. The van der Waals surface area contributed by atoms with Gasteiger partial charge in [-0.3, -0.25) is 9.35 Å². The fourth-order valence-corrected chi connectivity index (χ4v) is 2.53. The first kappa shape index (κ1) is 14.7. The molecule has 0 fully saturated rings. The van der Waals surface area contributed by atoms with Crippen LogP contribution in [0.3, 0.4) is 0 Å². The molecule has 5 nitrogen and oxygen atoms in total. The van der Waals surface area contributed by atoms with Crippen molar-refractivity contribution in [2.45, 2.75) is 38.5 Å². The predicted molar refractivity (Wildman–Crippen MR) is 66.4 cm³/mol. The Morgan fingerprint density at radius 3 is 2.28 bits per heavy atom. The van der Waals surface area contributed by atoms with Gasteiger partial charge in [-0.25, -0.2) is 0 Å². The van der Waals surface area contributed by atoms with Crippen LogP contribution in [0.5, 0.6) is 5.75 Å². The molecule has 0 saturated carbocycles. The van der Waals surface area contributed by atoms with Crippen LogP contribution < -0.4 is 4.74 Å². The smallest absolute Gasteiger partial charge is 0.308 e. The van der Waals surface area contributed by atoms with Crippen molar-refractivity contribution in [3.63, 3.8) is 0 Å². The van der Waals surface area contributed by atoms with Gasteiger partial charge in [-0.2, -0.15) is 8.42 Å². The lowest BCUT2D eigenvalue weighted by Gasteiger charge is -2.14. The minimum Gasteiger partial charge on any atom is -0.426 e. The average Bonchev–Trinajstić information content (AvgIpc) is 2.17. The van der Waals surface area contributed by atoms with E-state index in [2.05, 4.69) is 0 Å². The number of ether oxygens (including phenoxy) is 1. The minimum absolute atomic E-state index is 0.128. The monoisotopic (exact) mass is 272 g/mol. The summed E-state index contributed by atoms with van der Waals surface area (Å²) in [6, 6.07) is 2.79. The Kier molecular flexibility index (Phi) is 4.13. The fourth-order valence-electron chi connectivity index (χ4n) is 1.62. The standard InChI is InChI=1S/C12H16O5S/c1-7(2)10-6-11(17-9(4)13)8(3)5-12(10)18(14,15)16/h5-7H,1-4H3,(H,14,15,16). The highest BCUT2D eigenvalue weighted by Gasteiger charge is 2.20. The Bertz CT molecular complexity index is 572. The molecule has 0 aliphatic heterocycles. The number of hydrogen-bond donors (Lipinski definition) is 1. The molecule has 1 rings (SSSR count). The molecule has 0 atom stereocenters. The van der Waals surface area contributed by atoms with Crippen molar-refractivity contribution in [2.24, 2.45) is 0 Å². The molecule has 1 aromatic carbocycles. The highest BCUT2D eigenvalue weighted by molar-refractivity contribution is 7.85. The Hall–Kier alpha value is -1.40. The highest BCUT2D eigenvalue weighted by Crippen LogP contribution is 2.31. The molecule has 0 amide bonds. The quantitative estimate of drug-likeness (QED) is 0.518. The zero-order valence-corrected chi connectivity index (χ0v) is 11.5. The minimum atomic E-state index is -4.29. The second-order valence-electron chi connectivity index (χ2n) is 4.38. The van der Waals surface area contributed by atoms with E-state index < -0.39 is 16.1 Å². The van der Waals surface area contributed by atoms with Gasteiger partial charge in [0.05, 0.1) is 4.90 Å². The SMILES string of the molecule is CC(=O)Oc1cc(C(C)C)c(S(=O)(=O)O)cc1C. The van der Waals surface area contributed by atoms with Crippen LogP contribution in [-0.2, 0) is 14.9 Å². The van der Waals surface area contributed by atoms with Gasteiger partial charge < -0.3 is 4.74 Å². The lowest BCUT2D eigenvalue weighted by molar-refractivity contribution is -0.131. The Morgan fingerprint density at radius 1 is 1.33 bits per heavy atom. The van der Waals surface area contributed by atoms with Gasteiger partial charge in [0.2, 0.25) is 0 Å². The number of esters is 1. The molecular weight excluding hydrogens is 256 g/mol. The molecule has 100 valence electrons. The first-order valence-corrected chi connectivity index (χ1v) is 6.87. The number of carbonyl (C=O) groups is 1. The average molecular weight is 272 g/mol. The van der Waals surface area contributed by atoms with Crippen molar-refractivity contribution in [2.75, 3.05) is 0 Å². The summed E-state index contributed by atoms with van der Waals surface area (Å²) in [7, 11) is -4.29. The number of benzene rings is 1. The summed E-state index contributed by atoms with van der Waals surface area (Å²) in [5, 5.41) is 0. The first-order chi connectivity index (χ1) is 8.12. The molecule has 0 heterocycles. The second-order valence-corrected chi connectivity index (χ2v) is 5.77. The molecule has 0 aliphatic rings. The molecule has 1 aromatic rings. The predicted octanol–water partition coefficient (Wildman–Crippen LogP) is 2.29. The molecule has 0 unspecified atom stereocenters. The normalized spacial score (nSPS) is 11.7. The van der Waals surface area contributed by atoms with Gasteiger partial charge in [0, 0.05) is 6.92 Å². The molecule has 0 aliphatic carbocycles. The van der Waals surface area contributed by atoms with E-state index in [1.54, 1.807) is 20.8 Å². The van der Waals surface area contributed by atoms with E-state index in [0.717, 1.165) is 0 Å². The summed E-state index contributed by atoms with van der Waals surface area (Å²) in [4.78, 5) is 10.8. The van der Waals surface area contributed by atoms with Crippen LogP contribution in [0, 0.1) is 6.92 Å². The topological polar surface area (TPSA) is 80.7 Å². The van der Waals surface area contributed by atoms with Crippen molar-refractivity contribution < 1.29 is 22.5 Å². The van der Waals surface area contributed by atoms with E-state index in [-0.39, 0.29) is 10.8 Å². The third-order valence-corrected chi connectivity index (χ3v) is 3.37. The van der Waals surface area contributed by atoms with Crippen LogP contribution in [0.15, 0.2) is 17.0 Å². The second kappa shape index (κ2) is 5.07. The maximum absolute atomic E-state index is 11.3. The van der Waals surface area contributed by atoms with Crippen LogP contribution >= 0.6 is 0 Å². The fraction of sp³-hybridized carbons (Fsp3) is 0.417. The van der Waals surface area contributed by atoms with E-state index in [1.807, 2.05) is 0 Å². The maximum atomic E-state index is 11.3. The summed E-state index contributed by atoms with van der Waals surface area (Å²) in [5.41, 5.74) is 0.890. The number of aryl methyl sites for hydroxylation is 1. The summed E-state index contributed by atoms with van der Waals surface area (Å²) in [6.07, 6.45) is 0.